The van der Waals surface area contributed by atoms with Gasteiger partial charge in [0, 0.05) is 5.56 Å². The Morgan fingerprint density at radius 1 is 1.26 bits per heavy atom. The summed E-state index contributed by atoms with van der Waals surface area (Å²) in [5.41, 5.74) is 4.87. The van der Waals surface area contributed by atoms with Crippen molar-refractivity contribution in [1.29, 1.82) is 0 Å². The number of carbonyl (C=O) groups is 1. The van der Waals surface area contributed by atoms with Crippen LogP contribution in [0.2, 0.25) is 0 Å². The van der Waals surface area contributed by atoms with Crippen LogP contribution in [0.25, 0.3) is 0 Å². The first-order valence-corrected chi connectivity index (χ1v) is 6.73. The molecule has 1 aromatic carbocycles. The number of hydrogen-bond acceptors (Lipinski definition) is 4. The van der Waals surface area contributed by atoms with Crippen LogP contribution in [0.4, 0.5) is 0 Å². The first kappa shape index (κ1) is 13.4. The lowest BCUT2D eigenvalue weighted by Crippen LogP contribution is -2.19. The summed E-state index contributed by atoms with van der Waals surface area (Å²) in [5, 5.41) is 5.13. The molecule has 0 atom stereocenters. The van der Waals surface area contributed by atoms with Gasteiger partial charge in [0.2, 0.25) is 0 Å². The first-order valence-electron chi connectivity index (χ1n) is 5.92. The number of carbonyl (C=O) groups excluding carboxylic acids is 1. The Hall–Kier alpha value is -2.01. The fourth-order valence-corrected chi connectivity index (χ4v) is 2.57. The Balaban J connectivity index is 2.11. The summed E-state index contributed by atoms with van der Waals surface area (Å²) in [6.45, 7) is 5.76. The molecule has 0 saturated heterocycles. The van der Waals surface area contributed by atoms with Gasteiger partial charge in [-0.25, -0.2) is 10.4 Å². The Kier molecular flexibility index (Phi) is 4.06. The van der Waals surface area contributed by atoms with Crippen LogP contribution >= 0.6 is 11.3 Å². The lowest BCUT2D eigenvalue weighted by atomic mass is 10.2. The van der Waals surface area contributed by atoms with Crippen LogP contribution < -0.4 is 5.43 Å². The van der Waals surface area contributed by atoms with Crippen molar-refractivity contribution in [3.8, 4) is 0 Å². The standard InChI is InChI=1S/C14H15N3OS/c1-9-13(19-11(3)15-9)10(2)16-17-14(18)12-7-5-4-6-8-12/h4-8H,1-3H3,(H,17,18). The number of hydrazone groups is 1. The highest BCUT2D eigenvalue weighted by Gasteiger charge is 2.09. The van der Waals surface area contributed by atoms with Gasteiger partial charge in [-0.2, -0.15) is 5.10 Å². The molecule has 98 valence electrons. The number of benzene rings is 1. The van der Waals surface area contributed by atoms with E-state index in [1.807, 2.05) is 39.0 Å². The zero-order valence-electron chi connectivity index (χ0n) is 11.1. The van der Waals surface area contributed by atoms with Gasteiger partial charge in [0.25, 0.3) is 5.91 Å². The highest BCUT2D eigenvalue weighted by atomic mass is 32.1. The van der Waals surface area contributed by atoms with Crippen molar-refractivity contribution in [2.75, 3.05) is 0 Å². The average Bonchev–Trinajstić information content (AvgIpc) is 2.75. The SMILES string of the molecule is CC(=NNC(=O)c1ccccc1)c1sc(C)nc1C. The predicted molar refractivity (Wildman–Crippen MR) is 77.7 cm³/mol. The van der Waals surface area contributed by atoms with Gasteiger partial charge in [-0.3, -0.25) is 4.79 Å². The topological polar surface area (TPSA) is 54.4 Å². The van der Waals surface area contributed by atoms with E-state index in [1.165, 1.54) is 0 Å². The second-order valence-electron chi connectivity index (χ2n) is 4.15. The monoisotopic (exact) mass is 273 g/mol. The normalized spacial score (nSPS) is 11.4. The Labute approximate surface area is 116 Å². The van der Waals surface area contributed by atoms with Crippen LogP contribution in [0.3, 0.4) is 0 Å². The van der Waals surface area contributed by atoms with Crippen LogP contribution in [-0.4, -0.2) is 16.6 Å². The van der Waals surface area contributed by atoms with Crippen molar-refractivity contribution in [3.63, 3.8) is 0 Å². The van der Waals surface area contributed by atoms with Gasteiger partial charge in [-0.05, 0) is 32.9 Å². The molecule has 0 radical (unpaired) electrons. The number of hydrogen-bond donors (Lipinski definition) is 1. The van der Waals surface area contributed by atoms with Gasteiger partial charge >= 0.3 is 0 Å². The second-order valence-corrected chi connectivity index (χ2v) is 5.35. The first-order chi connectivity index (χ1) is 9.08. The highest BCUT2D eigenvalue weighted by molar-refractivity contribution is 7.13. The molecule has 1 N–H and O–H groups in total. The van der Waals surface area contributed by atoms with Gasteiger partial charge in [0.15, 0.2) is 0 Å². The third-order valence-corrected chi connectivity index (χ3v) is 3.77. The number of aryl methyl sites for hydroxylation is 2. The number of nitrogens with one attached hydrogen (secondary N) is 1. The van der Waals surface area contributed by atoms with Crippen molar-refractivity contribution in [2.45, 2.75) is 20.8 Å². The number of rotatable bonds is 3. The minimum Gasteiger partial charge on any atom is -0.267 e. The smallest absolute Gasteiger partial charge is 0.267 e. The summed E-state index contributed by atoms with van der Waals surface area (Å²) >= 11 is 1.58. The molecule has 2 rings (SSSR count). The van der Waals surface area contributed by atoms with Crippen LogP contribution in [0.5, 0.6) is 0 Å². The van der Waals surface area contributed by atoms with E-state index in [2.05, 4.69) is 15.5 Å². The van der Waals surface area contributed by atoms with E-state index < -0.39 is 0 Å². The van der Waals surface area contributed by atoms with E-state index in [1.54, 1.807) is 23.5 Å². The third-order valence-electron chi connectivity index (χ3n) is 2.59. The summed E-state index contributed by atoms with van der Waals surface area (Å²) < 4.78 is 0. The van der Waals surface area contributed by atoms with Gasteiger partial charge in [-0.15, -0.1) is 11.3 Å². The third kappa shape index (κ3) is 3.26. The van der Waals surface area contributed by atoms with E-state index in [0.717, 1.165) is 21.3 Å². The molecule has 5 heteroatoms. The quantitative estimate of drug-likeness (QED) is 0.690. The van der Waals surface area contributed by atoms with Crippen molar-refractivity contribution in [1.82, 2.24) is 10.4 Å². The molecule has 0 aliphatic heterocycles. The number of thiazole rings is 1. The largest absolute Gasteiger partial charge is 0.271 e. The molecule has 0 bridgehead atoms. The fraction of sp³-hybridized carbons (Fsp3) is 0.214. The van der Waals surface area contributed by atoms with Crippen molar-refractivity contribution in [2.24, 2.45) is 5.10 Å². The molecule has 4 nitrogen and oxygen atoms in total. The van der Waals surface area contributed by atoms with E-state index >= 15 is 0 Å². The molecule has 0 saturated carbocycles. The summed E-state index contributed by atoms with van der Waals surface area (Å²) in [5.74, 6) is -0.209. The number of amides is 1. The molecule has 2 aromatic rings. The van der Waals surface area contributed by atoms with Crippen molar-refractivity contribution in [3.05, 3.63) is 51.5 Å². The van der Waals surface area contributed by atoms with Gasteiger partial charge in [0.05, 0.1) is 21.3 Å². The lowest BCUT2D eigenvalue weighted by molar-refractivity contribution is 0.0955. The molecule has 0 aliphatic carbocycles. The Morgan fingerprint density at radius 3 is 2.53 bits per heavy atom. The van der Waals surface area contributed by atoms with Gasteiger partial charge < -0.3 is 0 Å². The molecular weight excluding hydrogens is 258 g/mol. The molecule has 0 spiro atoms. The van der Waals surface area contributed by atoms with E-state index in [4.69, 9.17) is 0 Å². The summed E-state index contributed by atoms with van der Waals surface area (Å²) in [6, 6.07) is 9.02. The van der Waals surface area contributed by atoms with Crippen LogP contribution in [0.1, 0.15) is 32.9 Å². The summed E-state index contributed by atoms with van der Waals surface area (Å²) in [7, 11) is 0. The van der Waals surface area contributed by atoms with Crippen LogP contribution in [0, 0.1) is 13.8 Å². The maximum absolute atomic E-state index is 11.8. The zero-order valence-corrected chi connectivity index (χ0v) is 11.9. The van der Waals surface area contributed by atoms with Crippen molar-refractivity contribution < 1.29 is 4.79 Å². The molecule has 1 aromatic heterocycles. The maximum atomic E-state index is 11.8. The Morgan fingerprint density at radius 2 is 1.95 bits per heavy atom. The number of aromatic nitrogens is 1. The average molecular weight is 273 g/mol. The molecule has 0 unspecified atom stereocenters. The maximum Gasteiger partial charge on any atom is 0.271 e. The van der Waals surface area contributed by atoms with E-state index in [9.17, 15) is 4.79 Å². The number of nitrogens with zero attached hydrogens (tertiary/aromatic N) is 2. The fourth-order valence-electron chi connectivity index (χ4n) is 1.71. The molecule has 1 amide bonds. The lowest BCUT2D eigenvalue weighted by Gasteiger charge is -2.01. The van der Waals surface area contributed by atoms with Crippen LogP contribution in [0.15, 0.2) is 35.4 Å². The zero-order chi connectivity index (χ0) is 13.8. The van der Waals surface area contributed by atoms with Gasteiger partial charge in [-0.1, -0.05) is 18.2 Å². The van der Waals surface area contributed by atoms with E-state index in [-0.39, 0.29) is 5.91 Å². The van der Waals surface area contributed by atoms with Gasteiger partial charge in [0.1, 0.15) is 0 Å². The summed E-state index contributed by atoms with van der Waals surface area (Å²) in [6.07, 6.45) is 0. The molecule has 19 heavy (non-hydrogen) atoms. The van der Waals surface area contributed by atoms with Crippen molar-refractivity contribution >= 4 is 23.0 Å². The second kappa shape index (κ2) is 5.75. The minimum absolute atomic E-state index is 0.209. The summed E-state index contributed by atoms with van der Waals surface area (Å²) in [4.78, 5) is 17.2. The molecule has 0 fully saturated rings. The van der Waals surface area contributed by atoms with Crippen LogP contribution in [-0.2, 0) is 0 Å². The van der Waals surface area contributed by atoms with E-state index in [0.29, 0.717) is 5.56 Å². The molecule has 0 aliphatic rings. The minimum atomic E-state index is -0.209. The molecular formula is C14H15N3OS. The molecule has 1 heterocycles. The highest BCUT2D eigenvalue weighted by Crippen LogP contribution is 2.17. The predicted octanol–water partition coefficient (Wildman–Crippen LogP) is 2.91. The Bertz CT molecular complexity index is 617.